The molecule has 110 valence electrons. The Morgan fingerprint density at radius 2 is 2.10 bits per heavy atom. The summed E-state index contributed by atoms with van der Waals surface area (Å²) in [7, 11) is 1.62. The molecule has 0 radical (unpaired) electrons. The first-order valence-corrected chi connectivity index (χ1v) is 6.10. The number of nitro groups is 1. The Morgan fingerprint density at radius 1 is 1.50 bits per heavy atom. The number of aliphatic carboxylic acids is 1. The van der Waals surface area contributed by atoms with Crippen molar-refractivity contribution in [2.45, 2.75) is 26.3 Å². The molecule has 7 heteroatoms. The van der Waals surface area contributed by atoms with Gasteiger partial charge in [0, 0.05) is 24.9 Å². The Balaban J connectivity index is 3.24. The van der Waals surface area contributed by atoms with Crippen LogP contribution in [0.5, 0.6) is 5.75 Å². The molecule has 0 bridgehead atoms. The zero-order chi connectivity index (χ0) is 15.5. The monoisotopic (exact) mass is 282 g/mol. The first kappa shape index (κ1) is 15.7. The summed E-state index contributed by atoms with van der Waals surface area (Å²) < 4.78 is 5.25. The molecule has 0 heterocycles. The van der Waals surface area contributed by atoms with Crippen molar-refractivity contribution in [2.75, 3.05) is 18.6 Å². The van der Waals surface area contributed by atoms with Gasteiger partial charge in [-0.05, 0) is 26.8 Å². The van der Waals surface area contributed by atoms with E-state index in [9.17, 15) is 20.0 Å². The third kappa shape index (κ3) is 2.98. The van der Waals surface area contributed by atoms with Crippen LogP contribution < -0.4 is 9.64 Å². The number of hydrogen-bond acceptors (Lipinski definition) is 5. The van der Waals surface area contributed by atoms with Crippen LogP contribution in [0.3, 0.4) is 0 Å². The molecule has 20 heavy (non-hydrogen) atoms. The van der Waals surface area contributed by atoms with Crippen LogP contribution in [0.4, 0.5) is 11.4 Å². The molecular formula is C13H18N2O5. The Bertz CT molecular complexity index is 527. The molecule has 1 rings (SSSR count). The number of rotatable bonds is 6. The zero-order valence-corrected chi connectivity index (χ0v) is 11.9. The number of carbonyl (C=O) groups is 1. The van der Waals surface area contributed by atoms with Crippen LogP contribution in [-0.2, 0) is 4.79 Å². The summed E-state index contributed by atoms with van der Waals surface area (Å²) >= 11 is 0. The Kier molecular flexibility index (Phi) is 4.54. The second-order valence-corrected chi connectivity index (χ2v) is 4.77. The SMILES string of the molecule is CCOc1cc(N(C)C(C)(C)C(=O)O)ccc1[N+](=O)[O-]. The lowest BCUT2D eigenvalue weighted by molar-refractivity contribution is -0.385. The van der Waals surface area contributed by atoms with Crippen LogP contribution in [0.1, 0.15) is 20.8 Å². The second kappa shape index (κ2) is 5.77. The van der Waals surface area contributed by atoms with Gasteiger partial charge in [0.25, 0.3) is 0 Å². The number of hydrogen-bond donors (Lipinski definition) is 1. The van der Waals surface area contributed by atoms with Crippen molar-refractivity contribution in [2.24, 2.45) is 0 Å². The largest absolute Gasteiger partial charge is 0.487 e. The van der Waals surface area contributed by atoms with E-state index in [4.69, 9.17) is 4.74 Å². The number of carboxylic acid groups (broad SMARTS) is 1. The fourth-order valence-corrected chi connectivity index (χ4v) is 1.60. The van der Waals surface area contributed by atoms with E-state index in [1.54, 1.807) is 27.8 Å². The van der Waals surface area contributed by atoms with Gasteiger partial charge in [-0.2, -0.15) is 0 Å². The average molecular weight is 282 g/mol. The number of anilines is 1. The number of carboxylic acids is 1. The van der Waals surface area contributed by atoms with Gasteiger partial charge in [0.1, 0.15) is 5.54 Å². The van der Waals surface area contributed by atoms with E-state index >= 15 is 0 Å². The van der Waals surface area contributed by atoms with E-state index in [1.165, 1.54) is 23.1 Å². The van der Waals surface area contributed by atoms with Crippen molar-refractivity contribution < 1.29 is 19.6 Å². The number of likely N-dealkylation sites (N-methyl/N-ethyl adjacent to an activating group) is 1. The minimum atomic E-state index is -1.14. The maximum atomic E-state index is 11.2. The summed E-state index contributed by atoms with van der Waals surface area (Å²) in [5.74, 6) is -0.862. The van der Waals surface area contributed by atoms with Gasteiger partial charge in [-0.15, -0.1) is 0 Å². The molecule has 1 aromatic carbocycles. The van der Waals surface area contributed by atoms with E-state index in [0.717, 1.165) is 0 Å². The van der Waals surface area contributed by atoms with E-state index < -0.39 is 16.4 Å². The van der Waals surface area contributed by atoms with Crippen molar-refractivity contribution in [3.8, 4) is 5.75 Å². The topological polar surface area (TPSA) is 92.9 Å². The fourth-order valence-electron chi connectivity index (χ4n) is 1.60. The van der Waals surface area contributed by atoms with E-state index in [2.05, 4.69) is 0 Å². The normalized spacial score (nSPS) is 11.0. The number of nitro benzene ring substituents is 1. The van der Waals surface area contributed by atoms with Gasteiger partial charge in [0.2, 0.25) is 0 Å². The molecule has 1 N–H and O–H groups in total. The molecule has 0 aliphatic heterocycles. The van der Waals surface area contributed by atoms with Gasteiger partial charge in [-0.1, -0.05) is 0 Å². The zero-order valence-electron chi connectivity index (χ0n) is 11.9. The van der Waals surface area contributed by atoms with Crippen LogP contribution in [0.15, 0.2) is 18.2 Å². The highest BCUT2D eigenvalue weighted by Crippen LogP contribution is 2.33. The molecule has 0 unspecified atom stereocenters. The quantitative estimate of drug-likeness (QED) is 0.635. The molecule has 0 aliphatic carbocycles. The van der Waals surface area contributed by atoms with Crippen LogP contribution in [0, 0.1) is 10.1 Å². The van der Waals surface area contributed by atoms with Crippen molar-refractivity contribution >= 4 is 17.3 Å². The van der Waals surface area contributed by atoms with Gasteiger partial charge >= 0.3 is 11.7 Å². The molecule has 0 fully saturated rings. The van der Waals surface area contributed by atoms with E-state index in [1.807, 2.05) is 0 Å². The highest BCUT2D eigenvalue weighted by atomic mass is 16.6. The molecule has 0 saturated heterocycles. The molecule has 0 spiro atoms. The van der Waals surface area contributed by atoms with Crippen LogP contribution in [0.25, 0.3) is 0 Å². The average Bonchev–Trinajstić information content (AvgIpc) is 2.37. The van der Waals surface area contributed by atoms with Crippen LogP contribution >= 0.6 is 0 Å². The molecule has 0 amide bonds. The van der Waals surface area contributed by atoms with Gasteiger partial charge in [0.05, 0.1) is 11.5 Å². The summed E-state index contributed by atoms with van der Waals surface area (Å²) in [5, 5.41) is 20.1. The molecule has 0 aliphatic rings. The summed E-state index contributed by atoms with van der Waals surface area (Å²) in [6.45, 7) is 5.12. The van der Waals surface area contributed by atoms with Gasteiger partial charge in [-0.25, -0.2) is 4.79 Å². The summed E-state index contributed by atoms with van der Waals surface area (Å²) in [6.07, 6.45) is 0. The molecule has 0 saturated carbocycles. The van der Waals surface area contributed by atoms with Crippen LogP contribution in [-0.4, -0.2) is 35.2 Å². The summed E-state index contributed by atoms with van der Waals surface area (Å²) in [6, 6.07) is 4.30. The highest BCUT2D eigenvalue weighted by molar-refractivity contribution is 5.82. The van der Waals surface area contributed by atoms with E-state index in [0.29, 0.717) is 5.69 Å². The Morgan fingerprint density at radius 3 is 2.55 bits per heavy atom. The summed E-state index contributed by atoms with van der Waals surface area (Å²) in [5.41, 5.74) is -0.747. The maximum absolute atomic E-state index is 11.2. The first-order valence-electron chi connectivity index (χ1n) is 6.10. The third-order valence-corrected chi connectivity index (χ3v) is 3.19. The number of nitrogens with zero attached hydrogens (tertiary/aromatic N) is 2. The Hall–Kier alpha value is -2.31. The molecular weight excluding hydrogens is 264 g/mol. The molecule has 0 aromatic heterocycles. The lowest BCUT2D eigenvalue weighted by atomic mass is 10.0. The predicted octanol–water partition coefficient (Wildman–Crippen LogP) is 2.29. The van der Waals surface area contributed by atoms with Crippen molar-refractivity contribution in [1.29, 1.82) is 0 Å². The molecule has 1 aromatic rings. The molecule has 7 nitrogen and oxygen atoms in total. The number of ether oxygens (including phenoxy) is 1. The van der Waals surface area contributed by atoms with Gasteiger partial charge < -0.3 is 14.7 Å². The lowest BCUT2D eigenvalue weighted by Gasteiger charge is -2.33. The number of benzene rings is 1. The minimum Gasteiger partial charge on any atom is -0.487 e. The van der Waals surface area contributed by atoms with Crippen molar-refractivity contribution in [1.82, 2.24) is 0 Å². The van der Waals surface area contributed by atoms with Gasteiger partial charge in [0.15, 0.2) is 5.75 Å². The lowest BCUT2D eigenvalue weighted by Crippen LogP contribution is -2.48. The predicted molar refractivity (Wildman–Crippen MR) is 74.4 cm³/mol. The standard InChI is InChI=1S/C13H18N2O5/c1-5-20-11-8-9(6-7-10(11)15(18)19)14(4)13(2,3)12(16)17/h6-8H,5H2,1-4H3,(H,16,17). The first-order chi connectivity index (χ1) is 9.21. The Labute approximate surface area is 116 Å². The summed E-state index contributed by atoms with van der Waals surface area (Å²) in [4.78, 5) is 23.1. The van der Waals surface area contributed by atoms with Crippen molar-refractivity contribution in [3.05, 3.63) is 28.3 Å². The maximum Gasteiger partial charge on any atom is 0.328 e. The van der Waals surface area contributed by atoms with Crippen molar-refractivity contribution in [3.63, 3.8) is 0 Å². The molecule has 0 atom stereocenters. The fraction of sp³-hybridized carbons (Fsp3) is 0.462. The third-order valence-electron chi connectivity index (χ3n) is 3.19. The van der Waals surface area contributed by atoms with E-state index in [-0.39, 0.29) is 18.0 Å². The smallest absolute Gasteiger partial charge is 0.328 e. The highest BCUT2D eigenvalue weighted by Gasteiger charge is 2.33. The van der Waals surface area contributed by atoms with Crippen LogP contribution in [0.2, 0.25) is 0 Å². The second-order valence-electron chi connectivity index (χ2n) is 4.77. The van der Waals surface area contributed by atoms with Gasteiger partial charge in [-0.3, -0.25) is 10.1 Å². The minimum absolute atomic E-state index is 0.128.